The van der Waals surface area contributed by atoms with Crippen LogP contribution in [0.4, 0.5) is 5.95 Å². The number of nitrogens with zero attached hydrogens (tertiary/aromatic N) is 3. The highest BCUT2D eigenvalue weighted by Gasteiger charge is 2.27. The van der Waals surface area contributed by atoms with Crippen molar-refractivity contribution in [3.05, 3.63) is 16.1 Å². The summed E-state index contributed by atoms with van der Waals surface area (Å²) in [6.07, 6.45) is 1.54. The molecule has 0 spiro atoms. The first-order valence-electron chi connectivity index (χ1n) is 6.46. The van der Waals surface area contributed by atoms with Crippen LogP contribution in [0.2, 0.25) is 5.15 Å². The van der Waals surface area contributed by atoms with Gasteiger partial charge in [0.15, 0.2) is 0 Å². The van der Waals surface area contributed by atoms with Crippen molar-refractivity contribution < 1.29 is 9.90 Å². The Hall–Kier alpha value is -1.40. The highest BCUT2D eigenvalue weighted by Crippen LogP contribution is 2.31. The van der Waals surface area contributed by atoms with Crippen LogP contribution in [0.5, 0.6) is 0 Å². The third kappa shape index (κ3) is 2.45. The molecule has 0 aliphatic carbocycles. The van der Waals surface area contributed by atoms with Gasteiger partial charge in [0, 0.05) is 23.4 Å². The molecule has 3 rings (SSSR count). The van der Waals surface area contributed by atoms with E-state index >= 15 is 0 Å². The molecule has 0 aromatic carbocycles. The van der Waals surface area contributed by atoms with Crippen molar-refractivity contribution in [1.82, 2.24) is 9.97 Å². The number of carboxylic acids is 1. The highest BCUT2D eigenvalue weighted by atomic mass is 35.5. The second kappa shape index (κ2) is 5.18. The molecule has 0 radical (unpaired) electrons. The van der Waals surface area contributed by atoms with Crippen LogP contribution in [0.1, 0.15) is 17.7 Å². The van der Waals surface area contributed by atoms with Gasteiger partial charge in [-0.15, -0.1) is 11.3 Å². The molecule has 5 nitrogen and oxygen atoms in total. The van der Waals surface area contributed by atoms with Gasteiger partial charge in [0.05, 0.1) is 5.92 Å². The van der Waals surface area contributed by atoms with Gasteiger partial charge in [0.25, 0.3) is 0 Å². The zero-order chi connectivity index (χ0) is 14.3. The van der Waals surface area contributed by atoms with Crippen molar-refractivity contribution in [1.29, 1.82) is 0 Å². The van der Waals surface area contributed by atoms with Gasteiger partial charge < -0.3 is 10.0 Å². The molecule has 1 aliphatic heterocycles. The Morgan fingerprint density at radius 3 is 3.10 bits per heavy atom. The number of carboxylic acid groups (broad SMARTS) is 1. The smallest absolute Gasteiger partial charge is 0.308 e. The maximum atomic E-state index is 11.1. The van der Waals surface area contributed by atoms with E-state index in [0.29, 0.717) is 24.1 Å². The second-order valence-corrected chi connectivity index (χ2v) is 6.61. The summed E-state index contributed by atoms with van der Waals surface area (Å²) in [5.74, 6) is -0.573. The summed E-state index contributed by atoms with van der Waals surface area (Å²) in [4.78, 5) is 23.9. The van der Waals surface area contributed by atoms with Crippen molar-refractivity contribution in [2.45, 2.75) is 19.8 Å². The molecule has 1 fully saturated rings. The lowest BCUT2D eigenvalue weighted by Gasteiger charge is -2.30. The molecular formula is C13H14ClN3O2S. The maximum absolute atomic E-state index is 11.1. The Morgan fingerprint density at radius 2 is 2.35 bits per heavy atom. The summed E-state index contributed by atoms with van der Waals surface area (Å²) < 4.78 is 0. The number of hydrogen-bond acceptors (Lipinski definition) is 5. The lowest BCUT2D eigenvalue weighted by Crippen LogP contribution is -2.39. The van der Waals surface area contributed by atoms with E-state index in [1.54, 1.807) is 11.3 Å². The van der Waals surface area contributed by atoms with Crippen molar-refractivity contribution in [2.75, 3.05) is 18.0 Å². The van der Waals surface area contributed by atoms with Gasteiger partial charge >= 0.3 is 5.97 Å². The van der Waals surface area contributed by atoms with Crippen molar-refractivity contribution in [3.8, 4) is 0 Å². The van der Waals surface area contributed by atoms with Gasteiger partial charge in [-0.25, -0.2) is 9.97 Å². The minimum absolute atomic E-state index is 0.355. The number of anilines is 1. The molecule has 2 aromatic heterocycles. The minimum Gasteiger partial charge on any atom is -0.481 e. The standard InChI is InChI=1S/C13H14ClN3O2S/c1-7-5-9-10(14)15-13(16-11(9)20-7)17-4-2-3-8(6-17)12(18)19/h5,8H,2-4,6H2,1H3,(H,18,19). The molecule has 0 amide bonds. The summed E-state index contributed by atoms with van der Waals surface area (Å²) in [7, 11) is 0. The molecule has 20 heavy (non-hydrogen) atoms. The molecule has 7 heteroatoms. The minimum atomic E-state index is -0.756. The Bertz CT molecular complexity index is 673. The van der Waals surface area contributed by atoms with Crippen molar-refractivity contribution >= 4 is 45.1 Å². The van der Waals surface area contributed by atoms with E-state index in [1.807, 2.05) is 17.9 Å². The molecule has 3 heterocycles. The highest BCUT2D eigenvalue weighted by molar-refractivity contribution is 7.18. The maximum Gasteiger partial charge on any atom is 0.308 e. The first-order chi connectivity index (χ1) is 9.54. The molecule has 106 valence electrons. The van der Waals surface area contributed by atoms with E-state index in [0.717, 1.165) is 28.1 Å². The van der Waals surface area contributed by atoms with Crippen LogP contribution >= 0.6 is 22.9 Å². The molecule has 2 aromatic rings. The third-order valence-electron chi connectivity index (χ3n) is 3.51. The van der Waals surface area contributed by atoms with Crippen molar-refractivity contribution in [3.63, 3.8) is 0 Å². The first kappa shape index (κ1) is 13.6. The SMILES string of the molecule is Cc1cc2c(Cl)nc(N3CCCC(C(=O)O)C3)nc2s1. The van der Waals surface area contributed by atoms with Crippen LogP contribution in [0, 0.1) is 12.8 Å². The summed E-state index contributed by atoms with van der Waals surface area (Å²) in [5, 5.41) is 10.4. The fourth-order valence-electron chi connectivity index (χ4n) is 2.50. The molecular weight excluding hydrogens is 298 g/mol. The fourth-order valence-corrected chi connectivity index (χ4v) is 3.65. The number of rotatable bonds is 2. The van der Waals surface area contributed by atoms with E-state index in [4.69, 9.17) is 16.7 Å². The molecule has 1 N–H and O–H groups in total. The van der Waals surface area contributed by atoms with Gasteiger partial charge in [0.1, 0.15) is 9.98 Å². The predicted octanol–water partition coefficient (Wildman–Crippen LogP) is 2.95. The number of hydrogen-bond donors (Lipinski definition) is 1. The fraction of sp³-hybridized carbons (Fsp3) is 0.462. The number of aliphatic carboxylic acids is 1. The molecule has 0 saturated carbocycles. The van der Waals surface area contributed by atoms with Gasteiger partial charge in [-0.2, -0.15) is 0 Å². The number of halogens is 1. The van der Waals surface area contributed by atoms with Gasteiger partial charge in [-0.05, 0) is 25.8 Å². The lowest BCUT2D eigenvalue weighted by atomic mass is 9.99. The van der Waals surface area contributed by atoms with Crippen LogP contribution < -0.4 is 4.90 Å². The van der Waals surface area contributed by atoms with E-state index in [9.17, 15) is 4.79 Å². The number of aryl methyl sites for hydroxylation is 1. The number of fused-ring (bicyclic) bond motifs is 1. The number of thiophene rings is 1. The summed E-state index contributed by atoms with van der Waals surface area (Å²) in [6.45, 7) is 3.22. The third-order valence-corrected chi connectivity index (χ3v) is 4.74. The van der Waals surface area contributed by atoms with Gasteiger partial charge in [-0.3, -0.25) is 4.79 Å². The van der Waals surface area contributed by atoms with Crippen LogP contribution in [-0.2, 0) is 4.79 Å². The quantitative estimate of drug-likeness (QED) is 0.864. The number of carbonyl (C=O) groups is 1. The Balaban J connectivity index is 1.95. The molecule has 0 bridgehead atoms. The van der Waals surface area contributed by atoms with Crippen molar-refractivity contribution in [2.24, 2.45) is 5.92 Å². The van der Waals surface area contributed by atoms with Gasteiger partial charge in [-0.1, -0.05) is 11.6 Å². The van der Waals surface area contributed by atoms with E-state index in [2.05, 4.69) is 9.97 Å². The van der Waals surface area contributed by atoms with Crippen LogP contribution in [0.25, 0.3) is 10.2 Å². The monoisotopic (exact) mass is 311 g/mol. The largest absolute Gasteiger partial charge is 0.481 e. The topological polar surface area (TPSA) is 66.3 Å². The number of piperidine rings is 1. The van der Waals surface area contributed by atoms with E-state index < -0.39 is 5.97 Å². The summed E-state index contributed by atoms with van der Waals surface area (Å²) in [6, 6.07) is 1.97. The summed E-state index contributed by atoms with van der Waals surface area (Å²) >= 11 is 7.78. The predicted molar refractivity (Wildman–Crippen MR) is 79.7 cm³/mol. The zero-order valence-electron chi connectivity index (χ0n) is 11.0. The molecule has 1 atom stereocenters. The van der Waals surface area contributed by atoms with Crippen LogP contribution in [0.15, 0.2) is 6.07 Å². The Morgan fingerprint density at radius 1 is 1.55 bits per heavy atom. The Labute approximate surface area is 125 Å². The zero-order valence-corrected chi connectivity index (χ0v) is 12.5. The number of aromatic nitrogens is 2. The lowest BCUT2D eigenvalue weighted by molar-refractivity contribution is -0.141. The Kier molecular flexibility index (Phi) is 3.52. The van der Waals surface area contributed by atoms with E-state index in [-0.39, 0.29) is 5.92 Å². The average Bonchev–Trinajstić information content (AvgIpc) is 2.80. The van der Waals surface area contributed by atoms with Gasteiger partial charge in [0.2, 0.25) is 5.95 Å². The average molecular weight is 312 g/mol. The van der Waals surface area contributed by atoms with Crippen LogP contribution in [0.3, 0.4) is 0 Å². The normalized spacial score (nSPS) is 19.5. The second-order valence-electron chi connectivity index (χ2n) is 5.01. The molecule has 1 unspecified atom stereocenters. The first-order valence-corrected chi connectivity index (χ1v) is 7.65. The molecule has 1 aliphatic rings. The summed E-state index contributed by atoms with van der Waals surface area (Å²) in [5.41, 5.74) is 0. The molecule has 1 saturated heterocycles. The van der Waals surface area contributed by atoms with E-state index in [1.165, 1.54) is 0 Å². The van der Waals surface area contributed by atoms with Crippen LogP contribution in [-0.4, -0.2) is 34.1 Å².